The number of fused-ring (bicyclic) bond motifs is 1. The van der Waals surface area contributed by atoms with Crippen LogP contribution in [-0.4, -0.2) is 57.7 Å². The Hall–Kier alpha value is -2.96. The number of hydrogen-bond donors (Lipinski definition) is 2. The zero-order valence-electron chi connectivity index (χ0n) is 16.9. The molecule has 1 atom stereocenters. The van der Waals surface area contributed by atoms with Crippen molar-refractivity contribution in [2.75, 3.05) is 19.6 Å². The first-order valence-electron chi connectivity index (χ1n) is 9.71. The number of nitrogens with zero attached hydrogens (tertiary/aromatic N) is 2. The van der Waals surface area contributed by atoms with Crippen LogP contribution in [0.25, 0.3) is 10.9 Å². The van der Waals surface area contributed by atoms with Gasteiger partial charge in [0.2, 0.25) is 0 Å². The highest BCUT2D eigenvalue weighted by atomic mass is 16.4. The molecule has 0 spiro atoms. The van der Waals surface area contributed by atoms with Crippen molar-refractivity contribution in [1.82, 2.24) is 9.47 Å². The quantitative estimate of drug-likeness (QED) is 0.569. The van der Waals surface area contributed by atoms with Gasteiger partial charge in [-0.1, -0.05) is 50.2 Å². The summed E-state index contributed by atoms with van der Waals surface area (Å²) in [6.07, 6.45) is 2.25. The SMILES string of the molecule is CCN(CC)CC(O)Cn1cc(C=O)c2ccccc21.O=C(O)c1ccccc1. The molecule has 6 nitrogen and oxygen atoms in total. The maximum Gasteiger partial charge on any atom is 0.335 e. The molecule has 0 aliphatic heterocycles. The number of aliphatic hydroxyl groups excluding tert-OH is 1. The van der Waals surface area contributed by atoms with E-state index in [4.69, 9.17) is 5.11 Å². The summed E-state index contributed by atoms with van der Waals surface area (Å²) >= 11 is 0. The lowest BCUT2D eigenvalue weighted by Gasteiger charge is -2.22. The third-order valence-electron chi connectivity index (χ3n) is 4.74. The van der Waals surface area contributed by atoms with Gasteiger partial charge in [0, 0.05) is 35.8 Å². The second kappa shape index (κ2) is 11.1. The zero-order chi connectivity index (χ0) is 21.2. The molecule has 3 aromatic rings. The summed E-state index contributed by atoms with van der Waals surface area (Å²) in [6, 6.07) is 16.1. The number of likely N-dealkylation sites (N-methyl/N-ethyl adjacent to an activating group) is 1. The average Bonchev–Trinajstić information content (AvgIpc) is 3.10. The minimum absolute atomic E-state index is 0.331. The van der Waals surface area contributed by atoms with E-state index in [9.17, 15) is 14.7 Å². The molecular formula is C23H28N2O4. The topological polar surface area (TPSA) is 82.8 Å². The van der Waals surface area contributed by atoms with Crippen LogP contribution in [0.4, 0.5) is 0 Å². The molecule has 154 valence electrons. The number of carboxylic acid groups (broad SMARTS) is 1. The van der Waals surface area contributed by atoms with Gasteiger partial charge in [-0.3, -0.25) is 4.79 Å². The Morgan fingerprint density at radius 1 is 1.07 bits per heavy atom. The van der Waals surface area contributed by atoms with E-state index in [-0.39, 0.29) is 0 Å². The third kappa shape index (κ3) is 6.27. The van der Waals surface area contributed by atoms with Crippen molar-refractivity contribution in [3.05, 3.63) is 71.9 Å². The van der Waals surface area contributed by atoms with E-state index in [0.29, 0.717) is 24.2 Å². The number of carbonyl (C=O) groups is 2. The fourth-order valence-corrected chi connectivity index (χ4v) is 3.17. The van der Waals surface area contributed by atoms with Crippen LogP contribution >= 0.6 is 0 Å². The first-order chi connectivity index (χ1) is 14.0. The standard InChI is InChI=1S/C16H22N2O2.C7H6O2/c1-3-17(4-2)10-14(20)11-18-9-13(12-19)15-7-5-6-8-16(15)18;8-7(9)6-4-2-1-3-5-6/h5-9,12,14,20H,3-4,10-11H2,1-2H3;1-5H,(H,8,9). The van der Waals surface area contributed by atoms with Gasteiger partial charge in [0.1, 0.15) is 0 Å². The maximum absolute atomic E-state index is 11.1. The summed E-state index contributed by atoms with van der Waals surface area (Å²) in [7, 11) is 0. The van der Waals surface area contributed by atoms with Crippen LogP contribution < -0.4 is 0 Å². The number of para-hydroxylation sites is 1. The van der Waals surface area contributed by atoms with Crippen molar-refractivity contribution in [1.29, 1.82) is 0 Å². The summed E-state index contributed by atoms with van der Waals surface area (Å²) in [5, 5.41) is 19.6. The smallest absolute Gasteiger partial charge is 0.335 e. The number of hydrogen-bond acceptors (Lipinski definition) is 4. The Balaban J connectivity index is 0.000000278. The van der Waals surface area contributed by atoms with Crippen LogP contribution in [-0.2, 0) is 6.54 Å². The predicted molar refractivity (Wildman–Crippen MR) is 115 cm³/mol. The van der Waals surface area contributed by atoms with E-state index in [1.54, 1.807) is 30.3 Å². The van der Waals surface area contributed by atoms with Gasteiger partial charge in [0.15, 0.2) is 6.29 Å². The molecule has 2 N–H and O–H groups in total. The van der Waals surface area contributed by atoms with Crippen molar-refractivity contribution in [2.45, 2.75) is 26.5 Å². The Kier molecular flexibility index (Phi) is 8.58. The largest absolute Gasteiger partial charge is 0.478 e. The molecule has 29 heavy (non-hydrogen) atoms. The number of carbonyl (C=O) groups excluding carboxylic acids is 1. The summed E-state index contributed by atoms with van der Waals surface area (Å²) in [6.45, 7) is 7.19. The highest BCUT2D eigenvalue weighted by molar-refractivity contribution is 5.97. The highest BCUT2D eigenvalue weighted by Crippen LogP contribution is 2.20. The first kappa shape index (κ1) is 22.3. The Bertz CT molecular complexity index is 917. The molecule has 1 aromatic heterocycles. The fourth-order valence-electron chi connectivity index (χ4n) is 3.17. The lowest BCUT2D eigenvalue weighted by Crippen LogP contribution is -2.34. The highest BCUT2D eigenvalue weighted by Gasteiger charge is 2.13. The average molecular weight is 396 g/mol. The molecular weight excluding hydrogens is 368 g/mol. The number of rotatable bonds is 8. The number of carboxylic acids is 1. The molecule has 6 heteroatoms. The molecule has 0 aliphatic carbocycles. The molecule has 1 unspecified atom stereocenters. The summed E-state index contributed by atoms with van der Waals surface area (Å²) in [4.78, 5) is 23.5. The number of aliphatic hydroxyl groups is 1. The molecule has 0 aliphatic rings. The molecule has 0 bridgehead atoms. The zero-order valence-corrected chi connectivity index (χ0v) is 16.9. The number of benzene rings is 2. The van der Waals surface area contributed by atoms with Crippen LogP contribution in [0, 0.1) is 0 Å². The maximum atomic E-state index is 11.1. The number of aromatic nitrogens is 1. The van der Waals surface area contributed by atoms with Gasteiger partial charge >= 0.3 is 5.97 Å². The molecule has 0 saturated carbocycles. The van der Waals surface area contributed by atoms with Crippen molar-refractivity contribution in [3.8, 4) is 0 Å². The van der Waals surface area contributed by atoms with Crippen LogP contribution in [0.1, 0.15) is 34.6 Å². The van der Waals surface area contributed by atoms with E-state index in [2.05, 4.69) is 18.7 Å². The van der Waals surface area contributed by atoms with Gasteiger partial charge in [-0.05, 0) is 31.3 Å². The molecule has 0 radical (unpaired) electrons. The predicted octanol–water partition coefficient (Wildman–Crippen LogP) is 3.54. The monoisotopic (exact) mass is 396 g/mol. The third-order valence-corrected chi connectivity index (χ3v) is 4.74. The van der Waals surface area contributed by atoms with E-state index in [1.807, 2.05) is 35.0 Å². The second-order valence-electron chi connectivity index (χ2n) is 6.68. The Morgan fingerprint density at radius 2 is 1.69 bits per heavy atom. The second-order valence-corrected chi connectivity index (χ2v) is 6.68. The Labute approximate surface area is 171 Å². The number of aldehydes is 1. The lowest BCUT2D eigenvalue weighted by atomic mass is 10.2. The van der Waals surface area contributed by atoms with Crippen molar-refractivity contribution < 1.29 is 19.8 Å². The van der Waals surface area contributed by atoms with Crippen LogP contribution in [0.3, 0.4) is 0 Å². The van der Waals surface area contributed by atoms with Gasteiger partial charge in [-0.25, -0.2) is 4.79 Å². The summed E-state index contributed by atoms with van der Waals surface area (Å²) in [5.74, 6) is -0.879. The van der Waals surface area contributed by atoms with Crippen LogP contribution in [0.2, 0.25) is 0 Å². The molecule has 0 fully saturated rings. The van der Waals surface area contributed by atoms with Gasteiger partial charge < -0.3 is 19.7 Å². The van der Waals surface area contributed by atoms with E-state index < -0.39 is 12.1 Å². The van der Waals surface area contributed by atoms with Gasteiger partial charge in [-0.2, -0.15) is 0 Å². The van der Waals surface area contributed by atoms with E-state index in [1.165, 1.54) is 0 Å². The number of aromatic carboxylic acids is 1. The van der Waals surface area contributed by atoms with Crippen LogP contribution in [0.5, 0.6) is 0 Å². The summed E-state index contributed by atoms with van der Waals surface area (Å²) in [5.41, 5.74) is 2.00. The van der Waals surface area contributed by atoms with E-state index >= 15 is 0 Å². The van der Waals surface area contributed by atoms with Crippen molar-refractivity contribution in [3.63, 3.8) is 0 Å². The van der Waals surface area contributed by atoms with Crippen molar-refractivity contribution in [2.24, 2.45) is 0 Å². The molecule has 0 amide bonds. The first-order valence-corrected chi connectivity index (χ1v) is 9.71. The van der Waals surface area contributed by atoms with Gasteiger partial charge in [0.05, 0.1) is 11.7 Å². The summed E-state index contributed by atoms with van der Waals surface area (Å²) < 4.78 is 1.97. The van der Waals surface area contributed by atoms with E-state index in [0.717, 1.165) is 30.3 Å². The Morgan fingerprint density at radius 3 is 2.24 bits per heavy atom. The normalized spacial score (nSPS) is 11.7. The van der Waals surface area contributed by atoms with Crippen LogP contribution in [0.15, 0.2) is 60.8 Å². The molecule has 2 aromatic carbocycles. The minimum Gasteiger partial charge on any atom is -0.478 e. The minimum atomic E-state index is -0.879. The molecule has 1 heterocycles. The van der Waals surface area contributed by atoms with Gasteiger partial charge in [-0.15, -0.1) is 0 Å². The van der Waals surface area contributed by atoms with Gasteiger partial charge in [0.25, 0.3) is 0 Å². The molecule has 3 rings (SSSR count). The lowest BCUT2D eigenvalue weighted by molar-refractivity contribution is 0.0696. The molecule has 0 saturated heterocycles. The van der Waals surface area contributed by atoms with Crippen molar-refractivity contribution >= 4 is 23.2 Å². The fraction of sp³-hybridized carbons (Fsp3) is 0.304.